The number of nitrogens with one attached hydrogen (secondary N) is 2. The number of hydrogen-bond acceptors (Lipinski definition) is 3. The van der Waals surface area contributed by atoms with E-state index in [1.165, 1.54) is 30.5 Å². The molecule has 1 aromatic carbocycles. The van der Waals surface area contributed by atoms with Crippen molar-refractivity contribution in [3.63, 3.8) is 0 Å². The van der Waals surface area contributed by atoms with E-state index in [-0.39, 0.29) is 17.0 Å². The number of hydrogen-bond donors (Lipinski definition) is 2. The van der Waals surface area contributed by atoms with Crippen LogP contribution in [0.25, 0.3) is 0 Å². The van der Waals surface area contributed by atoms with Gasteiger partial charge in [0, 0.05) is 18.0 Å². The number of aromatic amines is 1. The number of benzene rings is 1. The number of carbonyl (C=O) groups is 1. The number of rotatable bonds is 4. The van der Waals surface area contributed by atoms with E-state index in [1.807, 2.05) is 0 Å². The zero-order chi connectivity index (χ0) is 15.4. The molecule has 0 saturated carbocycles. The van der Waals surface area contributed by atoms with E-state index >= 15 is 0 Å². The van der Waals surface area contributed by atoms with Crippen molar-refractivity contribution < 1.29 is 18.3 Å². The van der Waals surface area contributed by atoms with Crippen LogP contribution in [0.15, 0.2) is 41.3 Å². The Morgan fingerprint density at radius 3 is 2.71 bits per heavy atom. The highest BCUT2D eigenvalue weighted by atomic mass is 19.3. The molecule has 0 fully saturated rings. The highest BCUT2D eigenvalue weighted by Gasteiger charge is 2.14. The van der Waals surface area contributed by atoms with Gasteiger partial charge in [-0.1, -0.05) is 12.1 Å². The lowest BCUT2D eigenvalue weighted by molar-refractivity contribution is -0.0493. The first-order chi connectivity index (χ1) is 9.97. The molecule has 7 heteroatoms. The Morgan fingerprint density at radius 1 is 1.33 bits per heavy atom. The number of anilines is 1. The lowest BCUT2D eigenvalue weighted by Gasteiger charge is -2.11. The van der Waals surface area contributed by atoms with Crippen LogP contribution >= 0.6 is 0 Å². The normalized spacial score (nSPS) is 10.5. The van der Waals surface area contributed by atoms with E-state index in [4.69, 9.17) is 0 Å². The molecule has 5 nitrogen and oxygen atoms in total. The van der Waals surface area contributed by atoms with Crippen molar-refractivity contribution >= 4 is 11.6 Å². The number of carbonyl (C=O) groups excluding carboxylic acids is 1. The molecule has 0 aliphatic carbocycles. The fourth-order valence-electron chi connectivity index (χ4n) is 1.71. The standard InChI is InChI=1S/C14H12F2N2O3/c1-8-6-11(19)9(7-17-8)13(20)18-10-4-2-3-5-12(10)21-14(15)16/h2-7,14H,1H3,(H,17,19)(H,18,20). The first-order valence-corrected chi connectivity index (χ1v) is 6.02. The Labute approximate surface area is 118 Å². The first-order valence-electron chi connectivity index (χ1n) is 6.02. The van der Waals surface area contributed by atoms with Crippen LogP contribution in [0.4, 0.5) is 14.5 Å². The quantitative estimate of drug-likeness (QED) is 0.910. The lowest BCUT2D eigenvalue weighted by atomic mass is 10.2. The summed E-state index contributed by atoms with van der Waals surface area (Å²) in [6.45, 7) is -1.33. The minimum atomic E-state index is -3.01. The van der Waals surface area contributed by atoms with Gasteiger partial charge in [-0.25, -0.2) is 0 Å². The lowest BCUT2D eigenvalue weighted by Crippen LogP contribution is -2.22. The third kappa shape index (κ3) is 3.65. The number of H-pyrrole nitrogens is 1. The molecular formula is C14H12F2N2O3. The zero-order valence-corrected chi connectivity index (χ0v) is 11.0. The number of amides is 1. The molecule has 2 rings (SSSR count). The third-order valence-electron chi connectivity index (χ3n) is 2.65. The van der Waals surface area contributed by atoms with E-state index < -0.39 is 17.9 Å². The van der Waals surface area contributed by atoms with Crippen LogP contribution in [0.3, 0.4) is 0 Å². The Bertz CT molecular complexity index is 713. The van der Waals surface area contributed by atoms with Crippen LogP contribution in [0.1, 0.15) is 16.1 Å². The van der Waals surface area contributed by atoms with Gasteiger partial charge in [0.15, 0.2) is 5.43 Å². The molecule has 0 atom stereocenters. The molecule has 0 aliphatic rings. The second-order valence-corrected chi connectivity index (χ2v) is 4.22. The first kappa shape index (κ1) is 14.7. The van der Waals surface area contributed by atoms with Crippen LogP contribution in [-0.2, 0) is 0 Å². The van der Waals surface area contributed by atoms with Crippen LogP contribution in [0.2, 0.25) is 0 Å². The van der Waals surface area contributed by atoms with E-state index in [0.29, 0.717) is 5.69 Å². The van der Waals surface area contributed by atoms with Gasteiger partial charge in [0.2, 0.25) is 0 Å². The van der Waals surface area contributed by atoms with Crippen molar-refractivity contribution in [1.82, 2.24) is 4.98 Å². The summed E-state index contributed by atoms with van der Waals surface area (Å²) in [6, 6.07) is 7.01. The van der Waals surface area contributed by atoms with Crippen molar-refractivity contribution in [2.24, 2.45) is 0 Å². The molecule has 1 amide bonds. The summed E-state index contributed by atoms with van der Waals surface area (Å²) in [5.41, 5.74) is 0.0872. The second-order valence-electron chi connectivity index (χ2n) is 4.22. The van der Waals surface area contributed by atoms with Gasteiger partial charge in [0.25, 0.3) is 5.91 Å². The third-order valence-corrected chi connectivity index (χ3v) is 2.65. The SMILES string of the molecule is Cc1cc(=O)c(C(=O)Nc2ccccc2OC(F)F)c[nH]1. The van der Waals surface area contributed by atoms with Crippen molar-refractivity contribution in [2.75, 3.05) is 5.32 Å². The molecule has 0 spiro atoms. The summed E-state index contributed by atoms with van der Waals surface area (Å²) in [4.78, 5) is 26.5. The Hall–Kier alpha value is -2.70. The molecule has 0 bridgehead atoms. The van der Waals surface area contributed by atoms with Crippen LogP contribution < -0.4 is 15.5 Å². The van der Waals surface area contributed by atoms with Crippen molar-refractivity contribution in [3.8, 4) is 5.75 Å². The van der Waals surface area contributed by atoms with Crippen molar-refractivity contribution in [3.05, 3.63) is 58.0 Å². The fourth-order valence-corrected chi connectivity index (χ4v) is 1.71. The van der Waals surface area contributed by atoms with Gasteiger partial charge >= 0.3 is 6.61 Å². The minimum Gasteiger partial charge on any atom is -0.433 e. The number of aryl methyl sites for hydroxylation is 1. The summed E-state index contributed by atoms with van der Waals surface area (Å²) in [5.74, 6) is -0.883. The van der Waals surface area contributed by atoms with Gasteiger partial charge in [-0.2, -0.15) is 8.78 Å². The summed E-state index contributed by atoms with van der Waals surface area (Å²) >= 11 is 0. The van der Waals surface area contributed by atoms with Crippen LogP contribution in [0.5, 0.6) is 5.75 Å². The predicted octanol–water partition coefficient (Wildman–Crippen LogP) is 2.54. The maximum atomic E-state index is 12.3. The predicted molar refractivity (Wildman–Crippen MR) is 72.8 cm³/mol. The number of pyridine rings is 1. The van der Waals surface area contributed by atoms with Crippen LogP contribution in [-0.4, -0.2) is 17.5 Å². The summed E-state index contributed by atoms with van der Waals surface area (Å²) in [7, 11) is 0. The average molecular weight is 294 g/mol. The molecule has 0 radical (unpaired) electrons. The van der Waals surface area contributed by atoms with E-state index in [9.17, 15) is 18.4 Å². The molecule has 0 unspecified atom stereocenters. The summed E-state index contributed by atoms with van der Waals surface area (Å²) in [5, 5.41) is 2.38. The maximum Gasteiger partial charge on any atom is 0.387 e. The highest BCUT2D eigenvalue weighted by Crippen LogP contribution is 2.25. The molecule has 1 aromatic heterocycles. The Kier molecular flexibility index (Phi) is 4.32. The minimum absolute atomic E-state index is 0.0581. The topological polar surface area (TPSA) is 71.2 Å². The molecule has 1 heterocycles. The molecule has 0 saturated heterocycles. The average Bonchev–Trinajstić information content (AvgIpc) is 2.40. The van der Waals surface area contributed by atoms with Gasteiger partial charge in [-0.3, -0.25) is 9.59 Å². The smallest absolute Gasteiger partial charge is 0.387 e. The molecule has 21 heavy (non-hydrogen) atoms. The van der Waals surface area contributed by atoms with E-state index in [1.54, 1.807) is 13.0 Å². The van der Waals surface area contributed by atoms with E-state index in [0.717, 1.165) is 0 Å². The molecular weight excluding hydrogens is 282 g/mol. The fraction of sp³-hybridized carbons (Fsp3) is 0.143. The zero-order valence-electron chi connectivity index (χ0n) is 11.0. The monoisotopic (exact) mass is 294 g/mol. The summed E-state index contributed by atoms with van der Waals surface area (Å²) < 4.78 is 28.9. The number of ether oxygens (including phenoxy) is 1. The van der Waals surface area contributed by atoms with Gasteiger partial charge < -0.3 is 15.0 Å². The Balaban J connectivity index is 2.25. The van der Waals surface area contributed by atoms with Crippen LogP contribution in [0, 0.1) is 6.92 Å². The van der Waals surface area contributed by atoms with Gasteiger partial charge in [-0.05, 0) is 19.1 Å². The van der Waals surface area contributed by atoms with Crippen molar-refractivity contribution in [1.29, 1.82) is 0 Å². The molecule has 0 aliphatic heterocycles. The highest BCUT2D eigenvalue weighted by molar-refractivity contribution is 6.04. The van der Waals surface area contributed by atoms with Crippen molar-refractivity contribution in [2.45, 2.75) is 13.5 Å². The number of halogens is 2. The number of alkyl halides is 2. The molecule has 110 valence electrons. The molecule has 2 N–H and O–H groups in total. The number of aromatic nitrogens is 1. The van der Waals surface area contributed by atoms with Gasteiger partial charge in [0.05, 0.1) is 5.69 Å². The maximum absolute atomic E-state index is 12.3. The number of para-hydroxylation sites is 2. The Morgan fingerprint density at radius 2 is 2.05 bits per heavy atom. The van der Waals surface area contributed by atoms with Gasteiger partial charge in [0.1, 0.15) is 11.3 Å². The summed E-state index contributed by atoms with van der Waals surface area (Å²) in [6.07, 6.45) is 1.27. The molecule has 2 aromatic rings. The largest absolute Gasteiger partial charge is 0.433 e. The van der Waals surface area contributed by atoms with Gasteiger partial charge in [-0.15, -0.1) is 0 Å². The van der Waals surface area contributed by atoms with E-state index in [2.05, 4.69) is 15.0 Å². The second kappa shape index (κ2) is 6.17.